The highest BCUT2D eigenvalue weighted by Crippen LogP contribution is 2.32. The maximum absolute atomic E-state index is 11.0. The monoisotopic (exact) mass is 524 g/mol. The van der Waals surface area contributed by atoms with Gasteiger partial charge in [0.15, 0.2) is 23.2 Å². The molecule has 3 heterocycles. The molecule has 0 bridgehead atoms. The summed E-state index contributed by atoms with van der Waals surface area (Å²) in [5.41, 5.74) is 1.08. The predicted octanol–water partition coefficient (Wildman–Crippen LogP) is -0.983. The largest absolute Gasteiger partial charge is 0.744 e. The molecule has 0 aliphatic carbocycles. The lowest BCUT2D eigenvalue weighted by atomic mass is 10.1. The van der Waals surface area contributed by atoms with Crippen LogP contribution in [0.5, 0.6) is 0 Å². The first kappa shape index (κ1) is 27.9. The first-order valence-electron chi connectivity index (χ1n) is 11.6. The molecule has 2 aromatic heterocycles. The van der Waals surface area contributed by atoms with Crippen LogP contribution in [0.15, 0.2) is 41.8 Å². The molecule has 0 radical (unpaired) electrons. The lowest BCUT2D eigenvalue weighted by Crippen LogP contribution is -3.11. The Labute approximate surface area is 209 Å². The number of nitrogens with zero attached hydrogens (tertiary/aromatic N) is 4. The molecule has 0 amide bonds. The molecule has 0 saturated carbocycles. The van der Waals surface area contributed by atoms with Gasteiger partial charge < -0.3 is 34.8 Å². The zero-order chi connectivity index (χ0) is 26.5. The van der Waals surface area contributed by atoms with Crippen LogP contribution < -0.4 is 10.2 Å². The summed E-state index contributed by atoms with van der Waals surface area (Å²) < 4.78 is 40.0. The van der Waals surface area contributed by atoms with Crippen molar-refractivity contribution in [1.82, 2.24) is 19.5 Å². The zero-order valence-corrected chi connectivity index (χ0v) is 21.1. The number of ether oxygens (including phenoxy) is 1. The van der Waals surface area contributed by atoms with Gasteiger partial charge >= 0.3 is 0 Å². The molecule has 13 nitrogen and oxygen atoms in total. The fourth-order valence-corrected chi connectivity index (χ4v) is 4.30. The normalized spacial score (nSPS) is 22.0. The molecule has 36 heavy (non-hydrogen) atoms. The van der Waals surface area contributed by atoms with Gasteiger partial charge in [-0.3, -0.25) is 4.57 Å². The fourth-order valence-electron chi connectivity index (χ4n) is 3.83. The first-order chi connectivity index (χ1) is 17.1. The molecular formula is C22H32N6O7S. The van der Waals surface area contributed by atoms with Gasteiger partial charge in [-0.2, -0.15) is 0 Å². The van der Waals surface area contributed by atoms with Crippen molar-refractivity contribution in [2.24, 2.45) is 0 Å². The number of fused-ring (bicyclic) bond motifs is 1. The average molecular weight is 525 g/mol. The Bertz CT molecular complexity index is 1230. The molecule has 3 aromatic rings. The third kappa shape index (κ3) is 6.15. The number of imidazole rings is 1. The molecule has 198 valence electrons. The molecule has 1 aromatic carbocycles. The summed E-state index contributed by atoms with van der Waals surface area (Å²) in [5.74, 6) is 0.290. The first-order valence-corrected chi connectivity index (χ1v) is 13.0. The van der Waals surface area contributed by atoms with Gasteiger partial charge in [0.2, 0.25) is 0 Å². The molecule has 0 spiro atoms. The Morgan fingerprint density at radius 1 is 1.06 bits per heavy atom. The van der Waals surface area contributed by atoms with Crippen LogP contribution in [-0.4, -0.2) is 92.4 Å². The van der Waals surface area contributed by atoms with Gasteiger partial charge in [0.05, 0.1) is 37.5 Å². The highest BCUT2D eigenvalue weighted by atomic mass is 32.2. The van der Waals surface area contributed by atoms with E-state index in [0.717, 1.165) is 0 Å². The minimum atomic E-state index is -4.54. The third-order valence-electron chi connectivity index (χ3n) is 6.06. The predicted molar refractivity (Wildman–Crippen MR) is 129 cm³/mol. The number of aliphatic hydroxyl groups excluding tert-OH is 3. The van der Waals surface area contributed by atoms with E-state index < -0.39 is 41.3 Å². The average Bonchev–Trinajstić information content (AvgIpc) is 3.42. The van der Waals surface area contributed by atoms with Crippen LogP contribution in [0.2, 0.25) is 0 Å². The van der Waals surface area contributed by atoms with E-state index in [0.29, 0.717) is 22.7 Å². The van der Waals surface area contributed by atoms with E-state index in [2.05, 4.69) is 41.0 Å². The summed E-state index contributed by atoms with van der Waals surface area (Å²) in [6.07, 6.45) is -1.90. The number of hydrogen-bond donors (Lipinski definition) is 5. The lowest BCUT2D eigenvalue weighted by Gasteiger charge is -2.16. The van der Waals surface area contributed by atoms with Crippen molar-refractivity contribution < 1.29 is 37.9 Å². The molecule has 4 atom stereocenters. The smallest absolute Gasteiger partial charge is 0.167 e. The summed E-state index contributed by atoms with van der Waals surface area (Å²) >= 11 is 0. The molecule has 1 aliphatic heterocycles. The molecule has 1 fully saturated rings. The highest BCUT2D eigenvalue weighted by molar-refractivity contribution is 7.85. The van der Waals surface area contributed by atoms with Crippen LogP contribution in [-0.2, 0) is 14.9 Å². The second kappa shape index (κ2) is 12.0. The molecule has 4 rings (SSSR count). The van der Waals surface area contributed by atoms with Crippen LogP contribution in [0.1, 0.15) is 27.0 Å². The standard InChI is InChI=1S/C16H17N5O7S.C6H15N/c22-5-10-12(23)13(24)16(28-10)21-7-19-11-14(17-6-18-15(11)21)20-8-1-3-9(4-2-8)29(25,26)27;1-4-7(5-2)6-3/h1-4,6-7,10,12-13,16,22-24H,5H2,(H,17,18,20)(H,25,26,27);4-6H2,1-3H3/t10-,12-,13-,16-;/m1./s1. The second-order valence-corrected chi connectivity index (χ2v) is 9.57. The van der Waals surface area contributed by atoms with Crippen LogP contribution in [0.3, 0.4) is 0 Å². The Morgan fingerprint density at radius 3 is 2.19 bits per heavy atom. The quantitative estimate of drug-likeness (QED) is 0.228. The molecule has 0 unspecified atom stereocenters. The van der Waals surface area contributed by atoms with Gasteiger partial charge in [0.25, 0.3) is 0 Å². The Morgan fingerprint density at radius 2 is 1.69 bits per heavy atom. The molecule has 5 N–H and O–H groups in total. The van der Waals surface area contributed by atoms with Gasteiger partial charge in [-0.1, -0.05) is 0 Å². The minimum absolute atomic E-state index is 0.290. The van der Waals surface area contributed by atoms with Crippen molar-refractivity contribution in [3.63, 3.8) is 0 Å². The van der Waals surface area contributed by atoms with Crippen molar-refractivity contribution in [3.8, 4) is 0 Å². The van der Waals surface area contributed by atoms with Crippen molar-refractivity contribution in [3.05, 3.63) is 36.9 Å². The van der Waals surface area contributed by atoms with Crippen molar-refractivity contribution >= 4 is 32.8 Å². The number of hydrogen-bond acceptors (Lipinski definition) is 11. The van der Waals surface area contributed by atoms with E-state index in [9.17, 15) is 28.3 Å². The number of anilines is 2. The Kier molecular flexibility index (Phi) is 9.30. The molecule has 14 heteroatoms. The van der Waals surface area contributed by atoms with E-state index in [1.807, 2.05) is 0 Å². The summed E-state index contributed by atoms with van der Waals surface area (Å²) in [6, 6.07) is 5.14. The van der Waals surface area contributed by atoms with Crippen LogP contribution >= 0.6 is 0 Å². The summed E-state index contributed by atoms with van der Waals surface area (Å²) in [4.78, 5) is 13.8. The Hall–Kier alpha value is -2.72. The number of rotatable bonds is 8. The van der Waals surface area contributed by atoms with E-state index in [1.165, 1.54) is 61.1 Å². The molecule has 1 saturated heterocycles. The topological polar surface area (TPSA) is 187 Å². The van der Waals surface area contributed by atoms with E-state index in [-0.39, 0.29) is 4.90 Å². The lowest BCUT2D eigenvalue weighted by molar-refractivity contribution is -0.894. The number of aromatic nitrogens is 4. The van der Waals surface area contributed by atoms with E-state index in [1.54, 1.807) is 4.90 Å². The van der Waals surface area contributed by atoms with Gasteiger partial charge in [0, 0.05) is 5.69 Å². The van der Waals surface area contributed by atoms with Crippen LogP contribution in [0.4, 0.5) is 11.5 Å². The summed E-state index contributed by atoms with van der Waals surface area (Å²) in [5, 5.41) is 32.4. The summed E-state index contributed by atoms with van der Waals surface area (Å²) in [7, 11) is -4.54. The van der Waals surface area contributed by atoms with Crippen LogP contribution in [0, 0.1) is 0 Å². The van der Waals surface area contributed by atoms with E-state index >= 15 is 0 Å². The zero-order valence-electron chi connectivity index (χ0n) is 20.3. The SMILES string of the molecule is CC[NH+](CC)CC.O=S(=O)([O-])c1ccc(Nc2ncnc3c2ncn3[C@@H]2O[C@H](CO)[C@@H](O)[C@H]2O)cc1. The van der Waals surface area contributed by atoms with Gasteiger partial charge in [0.1, 0.15) is 34.8 Å². The second-order valence-electron chi connectivity index (χ2n) is 8.19. The van der Waals surface area contributed by atoms with Crippen molar-refractivity contribution in [2.45, 2.75) is 50.2 Å². The molecule has 1 aliphatic rings. The maximum Gasteiger partial charge on any atom is 0.167 e. The third-order valence-corrected chi connectivity index (χ3v) is 6.91. The van der Waals surface area contributed by atoms with Gasteiger partial charge in [-0.05, 0) is 45.0 Å². The number of aliphatic hydroxyl groups is 3. The number of quaternary nitrogens is 1. The number of nitrogens with one attached hydrogen (secondary N) is 2. The van der Waals surface area contributed by atoms with Gasteiger partial charge in [-0.15, -0.1) is 0 Å². The fraction of sp³-hybridized carbons (Fsp3) is 0.500. The van der Waals surface area contributed by atoms with Gasteiger partial charge in [-0.25, -0.2) is 23.4 Å². The molecular weight excluding hydrogens is 492 g/mol. The maximum atomic E-state index is 11.0. The highest BCUT2D eigenvalue weighted by Gasteiger charge is 2.44. The van der Waals surface area contributed by atoms with Crippen molar-refractivity contribution in [2.75, 3.05) is 31.6 Å². The summed E-state index contributed by atoms with van der Waals surface area (Å²) in [6.45, 7) is 10.0. The Balaban J connectivity index is 0.000000454. The number of benzene rings is 1. The van der Waals surface area contributed by atoms with E-state index in [4.69, 9.17) is 4.74 Å². The minimum Gasteiger partial charge on any atom is -0.744 e. The van der Waals surface area contributed by atoms with Crippen LogP contribution in [0.25, 0.3) is 11.2 Å². The van der Waals surface area contributed by atoms with Crippen molar-refractivity contribution in [1.29, 1.82) is 0 Å².